The number of benzene rings is 4. The van der Waals surface area contributed by atoms with Crippen LogP contribution in [0.1, 0.15) is 5.56 Å². The molecule has 0 saturated heterocycles. The normalized spacial score (nSPS) is 11.1. The molecule has 190 valence electrons. The van der Waals surface area contributed by atoms with Gasteiger partial charge in [0.05, 0.1) is 15.6 Å². The van der Waals surface area contributed by atoms with Gasteiger partial charge in [-0.25, -0.2) is 13.1 Å². The summed E-state index contributed by atoms with van der Waals surface area (Å²) in [4.78, 5) is 12.6. The summed E-state index contributed by atoms with van der Waals surface area (Å²) < 4.78 is 39.2. The summed E-state index contributed by atoms with van der Waals surface area (Å²) in [6, 6.07) is 27.1. The molecule has 10 heteroatoms. The van der Waals surface area contributed by atoms with Crippen LogP contribution in [0.4, 0.5) is 5.69 Å². The van der Waals surface area contributed by atoms with Crippen LogP contribution in [0.2, 0.25) is 10.0 Å². The van der Waals surface area contributed by atoms with Gasteiger partial charge in [0, 0.05) is 11.6 Å². The number of halogens is 2. The first-order valence-electron chi connectivity index (χ1n) is 11.1. The van der Waals surface area contributed by atoms with Crippen molar-refractivity contribution in [2.45, 2.75) is 11.4 Å². The number of hydrogen-bond acceptors (Lipinski definition) is 5. The topological polar surface area (TPSA) is 93.7 Å². The van der Waals surface area contributed by atoms with Gasteiger partial charge >= 0.3 is 0 Å². The molecule has 0 aliphatic carbocycles. The van der Waals surface area contributed by atoms with Crippen molar-refractivity contribution in [2.24, 2.45) is 0 Å². The summed E-state index contributed by atoms with van der Waals surface area (Å²) in [6.45, 7) is -0.242. The summed E-state index contributed by atoms with van der Waals surface area (Å²) >= 11 is 12.3. The highest BCUT2D eigenvalue weighted by atomic mass is 35.5. The SMILES string of the molecule is O=C(COc1ccc(S(=O)(=O)NCc2ccccc2)cc1Cl)Nc1cc(Cl)ccc1Oc1ccccc1. The molecule has 0 unspecified atom stereocenters. The van der Waals surface area contributed by atoms with Gasteiger partial charge in [0.15, 0.2) is 12.4 Å². The molecule has 0 aliphatic heterocycles. The molecule has 0 aliphatic rings. The van der Waals surface area contributed by atoms with Crippen LogP contribution < -0.4 is 19.5 Å². The van der Waals surface area contributed by atoms with Crippen LogP contribution in [-0.4, -0.2) is 20.9 Å². The zero-order valence-electron chi connectivity index (χ0n) is 19.4. The van der Waals surface area contributed by atoms with Crippen LogP contribution >= 0.6 is 23.2 Å². The van der Waals surface area contributed by atoms with E-state index < -0.39 is 15.9 Å². The lowest BCUT2D eigenvalue weighted by atomic mass is 10.2. The molecule has 0 heterocycles. The monoisotopic (exact) mass is 556 g/mol. The molecule has 0 saturated carbocycles. The number of amides is 1. The van der Waals surface area contributed by atoms with Crippen molar-refractivity contribution < 1.29 is 22.7 Å². The Morgan fingerprint density at radius 2 is 1.49 bits per heavy atom. The van der Waals surface area contributed by atoms with Crippen molar-refractivity contribution in [3.8, 4) is 17.2 Å². The van der Waals surface area contributed by atoms with Gasteiger partial charge in [-0.2, -0.15) is 0 Å². The molecule has 2 N–H and O–H groups in total. The predicted molar refractivity (Wildman–Crippen MR) is 144 cm³/mol. The molecule has 4 rings (SSSR count). The average molecular weight is 557 g/mol. The van der Waals surface area contributed by atoms with Gasteiger partial charge in [-0.05, 0) is 54.1 Å². The molecule has 0 spiro atoms. The van der Waals surface area contributed by atoms with Crippen LogP contribution in [0.15, 0.2) is 102 Å². The van der Waals surface area contributed by atoms with E-state index in [2.05, 4.69) is 10.0 Å². The number of ether oxygens (including phenoxy) is 2. The number of carbonyl (C=O) groups is 1. The number of sulfonamides is 1. The fourth-order valence-corrected chi connectivity index (χ4v) is 4.77. The van der Waals surface area contributed by atoms with Crippen molar-refractivity contribution in [1.82, 2.24) is 4.72 Å². The van der Waals surface area contributed by atoms with E-state index in [1.807, 2.05) is 48.5 Å². The van der Waals surface area contributed by atoms with Crippen LogP contribution in [0.25, 0.3) is 0 Å². The summed E-state index contributed by atoms with van der Waals surface area (Å²) in [7, 11) is -3.80. The highest BCUT2D eigenvalue weighted by molar-refractivity contribution is 7.89. The zero-order valence-corrected chi connectivity index (χ0v) is 21.7. The minimum Gasteiger partial charge on any atom is -0.482 e. The Kier molecular flexibility index (Phi) is 8.68. The summed E-state index contributed by atoms with van der Waals surface area (Å²) in [5.74, 6) is 0.666. The van der Waals surface area contributed by atoms with Crippen molar-refractivity contribution in [2.75, 3.05) is 11.9 Å². The van der Waals surface area contributed by atoms with E-state index in [0.29, 0.717) is 22.2 Å². The van der Waals surface area contributed by atoms with Crippen molar-refractivity contribution >= 4 is 44.8 Å². The summed E-state index contributed by atoms with van der Waals surface area (Å²) in [6.07, 6.45) is 0. The molecule has 4 aromatic carbocycles. The van der Waals surface area contributed by atoms with E-state index in [1.54, 1.807) is 30.3 Å². The van der Waals surface area contributed by atoms with Gasteiger partial charge in [-0.3, -0.25) is 4.79 Å². The van der Waals surface area contributed by atoms with Gasteiger partial charge in [0.1, 0.15) is 11.5 Å². The maximum absolute atomic E-state index is 12.6. The first-order chi connectivity index (χ1) is 17.8. The minimum absolute atomic E-state index is 0.0214. The Morgan fingerprint density at radius 3 is 2.19 bits per heavy atom. The number of anilines is 1. The van der Waals surface area contributed by atoms with Crippen LogP contribution in [0.5, 0.6) is 17.2 Å². The van der Waals surface area contributed by atoms with E-state index >= 15 is 0 Å². The average Bonchev–Trinajstić information content (AvgIpc) is 2.89. The Morgan fingerprint density at radius 1 is 0.811 bits per heavy atom. The van der Waals surface area contributed by atoms with Crippen LogP contribution in [0.3, 0.4) is 0 Å². The van der Waals surface area contributed by atoms with Gasteiger partial charge in [0.2, 0.25) is 10.0 Å². The second-order valence-corrected chi connectivity index (χ2v) is 10.4. The van der Waals surface area contributed by atoms with Gasteiger partial charge in [0.25, 0.3) is 5.91 Å². The zero-order chi connectivity index (χ0) is 26.3. The molecule has 0 aromatic heterocycles. The number of carbonyl (C=O) groups excluding carboxylic acids is 1. The van der Waals surface area contributed by atoms with Crippen LogP contribution in [0, 0.1) is 0 Å². The first kappa shape index (κ1) is 26.5. The third-order valence-electron chi connectivity index (χ3n) is 5.07. The van der Waals surface area contributed by atoms with Crippen LogP contribution in [-0.2, 0) is 21.4 Å². The molecule has 1 amide bonds. The Labute approximate surface area is 225 Å². The van der Waals surface area contributed by atoms with E-state index in [4.69, 9.17) is 32.7 Å². The molecular weight excluding hydrogens is 535 g/mol. The second-order valence-electron chi connectivity index (χ2n) is 7.79. The number of nitrogens with one attached hydrogen (secondary N) is 2. The highest BCUT2D eigenvalue weighted by Gasteiger charge is 2.17. The lowest BCUT2D eigenvalue weighted by molar-refractivity contribution is -0.118. The third kappa shape index (κ3) is 7.47. The van der Waals surface area contributed by atoms with E-state index in [9.17, 15) is 13.2 Å². The second kappa shape index (κ2) is 12.1. The molecule has 7 nitrogen and oxygen atoms in total. The Hall–Kier alpha value is -3.56. The summed E-state index contributed by atoms with van der Waals surface area (Å²) in [5, 5.41) is 3.17. The van der Waals surface area contributed by atoms with Gasteiger partial charge in [-0.15, -0.1) is 0 Å². The van der Waals surface area contributed by atoms with Gasteiger partial charge < -0.3 is 14.8 Å². The Bertz CT molecular complexity index is 1480. The summed E-state index contributed by atoms with van der Waals surface area (Å²) in [5.41, 5.74) is 1.18. The van der Waals surface area contributed by atoms with Gasteiger partial charge in [-0.1, -0.05) is 71.7 Å². The minimum atomic E-state index is -3.80. The largest absolute Gasteiger partial charge is 0.482 e. The molecule has 0 atom stereocenters. The lowest BCUT2D eigenvalue weighted by Gasteiger charge is -2.14. The fraction of sp³-hybridized carbons (Fsp3) is 0.0741. The third-order valence-corrected chi connectivity index (χ3v) is 7.00. The predicted octanol–water partition coefficient (Wildman–Crippen LogP) is 6.28. The van der Waals surface area contributed by atoms with E-state index in [1.165, 1.54) is 18.2 Å². The first-order valence-corrected chi connectivity index (χ1v) is 13.3. The molecule has 4 aromatic rings. The number of para-hydroxylation sites is 1. The molecule has 37 heavy (non-hydrogen) atoms. The number of rotatable bonds is 10. The maximum Gasteiger partial charge on any atom is 0.262 e. The maximum atomic E-state index is 12.6. The lowest BCUT2D eigenvalue weighted by Crippen LogP contribution is -2.23. The molecule has 0 fully saturated rings. The fourth-order valence-electron chi connectivity index (χ4n) is 3.26. The van der Waals surface area contributed by atoms with E-state index in [0.717, 1.165) is 5.56 Å². The van der Waals surface area contributed by atoms with Crippen molar-refractivity contribution in [1.29, 1.82) is 0 Å². The van der Waals surface area contributed by atoms with Crippen molar-refractivity contribution in [3.05, 3.63) is 113 Å². The quantitative estimate of drug-likeness (QED) is 0.239. The Balaban J connectivity index is 1.37. The van der Waals surface area contributed by atoms with E-state index in [-0.39, 0.29) is 28.8 Å². The molecule has 0 bridgehead atoms. The van der Waals surface area contributed by atoms with Crippen molar-refractivity contribution in [3.63, 3.8) is 0 Å². The standard InChI is InChI=1S/C27H22Cl2N2O5S/c28-20-11-13-26(36-21-9-5-2-6-10-21)24(15-20)31-27(32)18-35-25-14-12-22(16-23(25)29)37(33,34)30-17-19-7-3-1-4-8-19/h1-16,30H,17-18H2,(H,31,32). The number of hydrogen-bond donors (Lipinski definition) is 2. The smallest absolute Gasteiger partial charge is 0.262 e. The molecular formula is C27H22Cl2N2O5S. The molecule has 0 radical (unpaired) electrons. The highest BCUT2D eigenvalue weighted by Crippen LogP contribution is 2.32.